The molecule has 0 fully saturated rings. The first-order valence-electron chi connectivity index (χ1n) is 6.26. The second kappa shape index (κ2) is 6.01. The Morgan fingerprint density at radius 3 is 2.41 bits per heavy atom. The molecule has 96 valence electrons. The first-order chi connectivity index (χ1) is 7.95. The van der Waals surface area contributed by atoms with Crippen LogP contribution in [0.3, 0.4) is 0 Å². The van der Waals surface area contributed by atoms with E-state index in [2.05, 4.69) is 37.7 Å². The van der Waals surface area contributed by atoms with E-state index < -0.39 is 0 Å². The van der Waals surface area contributed by atoms with Gasteiger partial charge < -0.3 is 10.0 Å². The van der Waals surface area contributed by atoms with Crippen LogP contribution in [0.5, 0.6) is 0 Å². The van der Waals surface area contributed by atoms with E-state index in [9.17, 15) is 0 Å². The number of aliphatic hydroxyl groups is 1. The molecule has 0 bridgehead atoms. The van der Waals surface area contributed by atoms with Crippen molar-refractivity contribution in [3.8, 4) is 0 Å². The molecule has 1 rings (SSSR count). The van der Waals surface area contributed by atoms with E-state index >= 15 is 0 Å². The van der Waals surface area contributed by atoms with Crippen LogP contribution in [0.1, 0.15) is 38.4 Å². The van der Waals surface area contributed by atoms with Crippen molar-refractivity contribution < 1.29 is 5.11 Å². The third-order valence-electron chi connectivity index (χ3n) is 3.19. The second-order valence-electron chi connectivity index (χ2n) is 5.16. The summed E-state index contributed by atoms with van der Waals surface area (Å²) >= 11 is 0. The van der Waals surface area contributed by atoms with Crippen LogP contribution < -0.4 is 4.90 Å². The lowest BCUT2D eigenvalue weighted by Crippen LogP contribution is -2.30. The number of anilines is 1. The van der Waals surface area contributed by atoms with Gasteiger partial charge in [-0.05, 0) is 37.8 Å². The molecule has 0 aromatic carbocycles. The van der Waals surface area contributed by atoms with E-state index in [1.807, 2.05) is 19.1 Å². The second-order valence-corrected chi connectivity index (χ2v) is 5.16. The molecule has 1 heterocycles. The van der Waals surface area contributed by atoms with E-state index in [1.54, 1.807) is 0 Å². The molecule has 3 nitrogen and oxygen atoms in total. The number of hydrogen-bond acceptors (Lipinski definition) is 3. The molecule has 0 aliphatic carbocycles. The van der Waals surface area contributed by atoms with Crippen molar-refractivity contribution >= 4 is 5.82 Å². The zero-order valence-corrected chi connectivity index (χ0v) is 11.6. The number of hydrogen-bond donors (Lipinski definition) is 1. The molecule has 0 spiro atoms. The van der Waals surface area contributed by atoms with Crippen LogP contribution >= 0.6 is 0 Å². The summed E-state index contributed by atoms with van der Waals surface area (Å²) < 4.78 is 0. The predicted octanol–water partition coefficient (Wildman–Crippen LogP) is 2.75. The van der Waals surface area contributed by atoms with Gasteiger partial charge in [-0.1, -0.05) is 19.9 Å². The lowest BCUT2D eigenvalue weighted by Gasteiger charge is -2.27. The summed E-state index contributed by atoms with van der Waals surface area (Å²) in [5, 5.41) is 9.12. The molecule has 0 aliphatic rings. The zero-order chi connectivity index (χ0) is 13.0. The third kappa shape index (κ3) is 3.70. The minimum absolute atomic E-state index is 0.0599. The maximum Gasteiger partial charge on any atom is 0.128 e. The van der Waals surface area contributed by atoms with Gasteiger partial charge in [-0.15, -0.1) is 0 Å². The lowest BCUT2D eigenvalue weighted by atomic mass is 10.0. The number of rotatable bonds is 5. The van der Waals surface area contributed by atoms with Crippen LogP contribution in [0.4, 0.5) is 5.82 Å². The average molecular weight is 236 g/mol. The Labute approximate surface area is 104 Å². The van der Waals surface area contributed by atoms with Gasteiger partial charge in [0.2, 0.25) is 0 Å². The largest absolute Gasteiger partial charge is 0.392 e. The van der Waals surface area contributed by atoms with Crippen LogP contribution in [0.25, 0.3) is 0 Å². The van der Waals surface area contributed by atoms with Gasteiger partial charge in [0.15, 0.2) is 0 Å². The highest BCUT2D eigenvalue weighted by atomic mass is 16.3. The minimum Gasteiger partial charge on any atom is -0.392 e. The summed E-state index contributed by atoms with van der Waals surface area (Å²) in [5.74, 6) is 1.66. The molecule has 0 amide bonds. The normalized spacial score (nSPS) is 12.9. The van der Waals surface area contributed by atoms with Crippen molar-refractivity contribution in [2.45, 2.75) is 46.8 Å². The summed E-state index contributed by atoms with van der Waals surface area (Å²) in [6.07, 6.45) is 1.15. The van der Waals surface area contributed by atoms with Crippen LogP contribution in [0.15, 0.2) is 12.1 Å². The highest BCUT2D eigenvalue weighted by molar-refractivity contribution is 5.41. The van der Waals surface area contributed by atoms with E-state index in [4.69, 9.17) is 5.11 Å². The van der Waals surface area contributed by atoms with Gasteiger partial charge in [0, 0.05) is 18.8 Å². The number of aliphatic hydroxyl groups excluding tert-OH is 1. The first kappa shape index (κ1) is 14.0. The molecule has 1 aromatic heterocycles. The van der Waals surface area contributed by atoms with Crippen molar-refractivity contribution in [2.24, 2.45) is 5.92 Å². The summed E-state index contributed by atoms with van der Waals surface area (Å²) in [5.41, 5.74) is 1.81. The Kier molecular flexibility index (Phi) is 4.94. The molecule has 1 aromatic rings. The van der Waals surface area contributed by atoms with Crippen molar-refractivity contribution in [3.05, 3.63) is 23.4 Å². The summed E-state index contributed by atoms with van der Waals surface area (Å²) in [7, 11) is 2.08. The van der Waals surface area contributed by atoms with E-state index in [0.717, 1.165) is 23.5 Å². The van der Waals surface area contributed by atoms with Gasteiger partial charge in [0.1, 0.15) is 5.82 Å². The molecule has 0 saturated carbocycles. The summed E-state index contributed by atoms with van der Waals surface area (Å²) in [4.78, 5) is 6.74. The van der Waals surface area contributed by atoms with Gasteiger partial charge in [-0.25, -0.2) is 4.98 Å². The fourth-order valence-corrected chi connectivity index (χ4v) is 2.01. The SMILES string of the molecule is Cc1nc(N(C)C(C)CC(C)C)ccc1CO. The van der Waals surface area contributed by atoms with Gasteiger partial charge in [0.05, 0.1) is 6.61 Å². The van der Waals surface area contributed by atoms with Crippen LogP contribution in [-0.4, -0.2) is 23.2 Å². The van der Waals surface area contributed by atoms with Crippen LogP contribution in [-0.2, 0) is 6.61 Å². The topological polar surface area (TPSA) is 36.4 Å². The molecule has 1 atom stereocenters. The van der Waals surface area contributed by atoms with E-state index in [-0.39, 0.29) is 6.61 Å². The fourth-order valence-electron chi connectivity index (χ4n) is 2.01. The molecule has 0 aliphatic heterocycles. The van der Waals surface area contributed by atoms with E-state index in [1.165, 1.54) is 0 Å². The molecule has 0 radical (unpaired) electrons. The summed E-state index contributed by atoms with van der Waals surface area (Å²) in [6, 6.07) is 4.41. The maximum atomic E-state index is 9.12. The molecule has 0 saturated heterocycles. The smallest absolute Gasteiger partial charge is 0.128 e. The Morgan fingerprint density at radius 1 is 1.29 bits per heavy atom. The Balaban J connectivity index is 2.82. The molecule has 1 N–H and O–H groups in total. The van der Waals surface area contributed by atoms with Gasteiger partial charge in [-0.3, -0.25) is 0 Å². The highest BCUT2D eigenvalue weighted by Gasteiger charge is 2.13. The highest BCUT2D eigenvalue weighted by Crippen LogP contribution is 2.18. The van der Waals surface area contributed by atoms with Gasteiger partial charge in [-0.2, -0.15) is 0 Å². The maximum absolute atomic E-state index is 9.12. The molecule has 3 heteroatoms. The quantitative estimate of drug-likeness (QED) is 0.854. The predicted molar refractivity (Wildman–Crippen MR) is 72.2 cm³/mol. The van der Waals surface area contributed by atoms with Crippen LogP contribution in [0.2, 0.25) is 0 Å². The number of nitrogens with zero attached hydrogens (tertiary/aromatic N) is 2. The van der Waals surface area contributed by atoms with Crippen molar-refractivity contribution in [3.63, 3.8) is 0 Å². The fraction of sp³-hybridized carbons (Fsp3) is 0.643. The average Bonchev–Trinajstić information content (AvgIpc) is 2.27. The van der Waals surface area contributed by atoms with Gasteiger partial charge >= 0.3 is 0 Å². The Morgan fingerprint density at radius 2 is 1.94 bits per heavy atom. The number of aromatic nitrogens is 1. The Bertz CT molecular complexity index is 363. The minimum atomic E-state index is 0.0599. The molecular formula is C14H24N2O. The molecular weight excluding hydrogens is 212 g/mol. The first-order valence-corrected chi connectivity index (χ1v) is 6.26. The number of pyridine rings is 1. The van der Waals surface area contributed by atoms with Crippen LogP contribution in [0, 0.1) is 12.8 Å². The molecule has 1 unspecified atom stereocenters. The van der Waals surface area contributed by atoms with Crippen molar-refractivity contribution in [1.29, 1.82) is 0 Å². The standard InChI is InChI=1S/C14H24N2O/c1-10(2)8-11(3)16(5)14-7-6-13(9-17)12(4)15-14/h6-7,10-11,17H,8-9H2,1-5H3. The molecule has 17 heavy (non-hydrogen) atoms. The van der Waals surface area contributed by atoms with Gasteiger partial charge in [0.25, 0.3) is 0 Å². The van der Waals surface area contributed by atoms with E-state index in [0.29, 0.717) is 12.0 Å². The summed E-state index contributed by atoms with van der Waals surface area (Å²) in [6.45, 7) is 8.69. The van der Waals surface area contributed by atoms with Crippen molar-refractivity contribution in [1.82, 2.24) is 4.98 Å². The van der Waals surface area contributed by atoms with Crippen molar-refractivity contribution in [2.75, 3.05) is 11.9 Å². The lowest BCUT2D eigenvalue weighted by molar-refractivity contribution is 0.280. The Hall–Kier alpha value is -1.09. The monoisotopic (exact) mass is 236 g/mol. The third-order valence-corrected chi connectivity index (χ3v) is 3.19. The zero-order valence-electron chi connectivity index (χ0n) is 11.6. The number of aryl methyl sites for hydroxylation is 1.